The fourth-order valence-corrected chi connectivity index (χ4v) is 3.43. The molecule has 2 N–H and O–H groups in total. The summed E-state index contributed by atoms with van der Waals surface area (Å²) in [5, 5.41) is 8.34. The van der Waals surface area contributed by atoms with Gasteiger partial charge in [0.05, 0.1) is 30.8 Å². The van der Waals surface area contributed by atoms with Crippen LogP contribution in [0.5, 0.6) is 0 Å². The minimum Gasteiger partial charge on any atom is -0.306 e. The van der Waals surface area contributed by atoms with Crippen molar-refractivity contribution in [3.05, 3.63) is 127 Å². The number of aromatic nitrogens is 4. The molecule has 3 aromatic carbocycles. The fraction of sp³-hybridized carbons (Fsp3) is 0. The molecule has 9 heteroatoms. The smallest absolute Gasteiger partial charge is 0.271 e. The molecule has 0 aliphatic carbocycles. The van der Waals surface area contributed by atoms with Crippen molar-refractivity contribution < 1.29 is 4.79 Å². The molecule has 5 aromatic rings. The minimum atomic E-state index is -0.316. The zero-order valence-electron chi connectivity index (χ0n) is 19.1. The number of rotatable bonds is 8. The largest absolute Gasteiger partial charge is 0.306 e. The summed E-state index contributed by atoms with van der Waals surface area (Å²) in [7, 11) is 0. The van der Waals surface area contributed by atoms with Crippen molar-refractivity contribution in [2.45, 2.75) is 0 Å². The Hall–Kier alpha value is -5.31. The van der Waals surface area contributed by atoms with Gasteiger partial charge in [0.15, 0.2) is 0 Å². The molecule has 2 heterocycles. The van der Waals surface area contributed by atoms with Gasteiger partial charge in [-0.15, -0.1) is 0 Å². The van der Waals surface area contributed by atoms with Gasteiger partial charge in [0.25, 0.3) is 5.91 Å². The predicted molar refractivity (Wildman–Crippen MR) is 140 cm³/mol. The number of carbonyl (C=O) groups excluding carboxylic acids is 1. The molecule has 2 aromatic heterocycles. The van der Waals surface area contributed by atoms with Crippen LogP contribution in [0.25, 0.3) is 11.4 Å². The lowest BCUT2D eigenvalue weighted by molar-refractivity contribution is 0.0955. The van der Waals surface area contributed by atoms with Crippen molar-refractivity contribution in [2.24, 2.45) is 10.2 Å². The Morgan fingerprint density at radius 3 is 1.89 bits per heavy atom. The fourth-order valence-electron chi connectivity index (χ4n) is 3.43. The topological polar surface area (TPSA) is 101 Å². The highest BCUT2D eigenvalue weighted by Gasteiger charge is 2.05. The number of hydrogen-bond donors (Lipinski definition) is 2. The summed E-state index contributed by atoms with van der Waals surface area (Å²) in [6.45, 7) is 0. The Kier molecular flexibility index (Phi) is 6.71. The molecular formula is C27H22N8O. The van der Waals surface area contributed by atoms with Gasteiger partial charge in [-0.3, -0.25) is 10.2 Å². The Morgan fingerprint density at radius 1 is 0.750 bits per heavy atom. The Bertz CT molecular complexity index is 1470. The number of hydrogen-bond acceptors (Lipinski definition) is 6. The third-order valence-corrected chi connectivity index (χ3v) is 5.30. The molecule has 0 spiro atoms. The summed E-state index contributed by atoms with van der Waals surface area (Å²) < 4.78 is 3.84. The number of amides is 1. The molecule has 0 bridgehead atoms. The van der Waals surface area contributed by atoms with E-state index in [2.05, 4.69) is 31.0 Å². The maximum atomic E-state index is 12.5. The molecular weight excluding hydrogens is 452 g/mol. The van der Waals surface area contributed by atoms with E-state index < -0.39 is 0 Å². The Morgan fingerprint density at radius 2 is 1.33 bits per heavy atom. The number of carbonyl (C=O) groups is 1. The summed E-state index contributed by atoms with van der Waals surface area (Å²) in [5.41, 5.74) is 10.5. The second-order valence-corrected chi connectivity index (χ2v) is 7.77. The number of benzene rings is 3. The predicted octanol–water partition coefficient (Wildman–Crippen LogP) is 4.27. The lowest BCUT2D eigenvalue weighted by Crippen LogP contribution is -2.17. The van der Waals surface area contributed by atoms with Crippen LogP contribution in [0.2, 0.25) is 0 Å². The molecule has 0 radical (unpaired) electrons. The minimum absolute atomic E-state index is 0.316. The molecule has 9 nitrogen and oxygen atoms in total. The highest BCUT2D eigenvalue weighted by Crippen LogP contribution is 2.12. The maximum absolute atomic E-state index is 12.5. The van der Waals surface area contributed by atoms with E-state index in [0.29, 0.717) is 11.3 Å². The third kappa shape index (κ3) is 5.60. The second-order valence-electron chi connectivity index (χ2n) is 7.77. The van der Waals surface area contributed by atoms with E-state index in [0.717, 1.165) is 22.5 Å². The van der Waals surface area contributed by atoms with Gasteiger partial charge in [-0.2, -0.15) is 10.2 Å². The van der Waals surface area contributed by atoms with Crippen LogP contribution < -0.4 is 10.9 Å². The lowest BCUT2D eigenvalue weighted by Gasteiger charge is -2.05. The SMILES string of the molecule is O=C(N/N=C/c1ccc(-n2ccnc2)cc1)c1cccc(N/N=C/c2ccc(-n3ccnc3)cc2)c1. The van der Waals surface area contributed by atoms with Gasteiger partial charge >= 0.3 is 0 Å². The van der Waals surface area contributed by atoms with E-state index in [1.54, 1.807) is 55.7 Å². The van der Waals surface area contributed by atoms with Gasteiger partial charge in [-0.05, 0) is 53.6 Å². The van der Waals surface area contributed by atoms with Crippen molar-refractivity contribution in [3.8, 4) is 11.4 Å². The Balaban J connectivity index is 1.15. The van der Waals surface area contributed by atoms with Crippen molar-refractivity contribution >= 4 is 24.0 Å². The van der Waals surface area contributed by atoms with Gasteiger partial charge in [0.2, 0.25) is 0 Å². The number of hydrazone groups is 2. The maximum Gasteiger partial charge on any atom is 0.271 e. The number of nitrogens with zero attached hydrogens (tertiary/aromatic N) is 6. The standard InChI is InChI=1S/C27H22N8O/c36-27(33-31-18-22-6-10-26(11-7-22)35-15-13-29-20-35)23-2-1-3-24(16-23)32-30-17-21-4-8-25(9-5-21)34-14-12-28-19-34/h1-20,32H,(H,33,36)/b30-17+,31-18+. The monoisotopic (exact) mass is 474 g/mol. The van der Waals surface area contributed by atoms with E-state index in [1.165, 1.54) is 0 Å². The first-order chi connectivity index (χ1) is 17.7. The van der Waals surface area contributed by atoms with Crippen LogP contribution in [0.15, 0.2) is 120 Å². The van der Waals surface area contributed by atoms with Gasteiger partial charge in [-0.25, -0.2) is 15.4 Å². The third-order valence-electron chi connectivity index (χ3n) is 5.30. The zero-order valence-corrected chi connectivity index (χ0v) is 19.1. The first kappa shape index (κ1) is 22.5. The van der Waals surface area contributed by atoms with Crippen molar-refractivity contribution in [1.29, 1.82) is 0 Å². The van der Waals surface area contributed by atoms with Crippen molar-refractivity contribution in [2.75, 3.05) is 5.43 Å². The molecule has 0 fully saturated rings. The van der Waals surface area contributed by atoms with Gasteiger partial charge in [-0.1, -0.05) is 30.3 Å². The summed E-state index contributed by atoms with van der Waals surface area (Å²) in [6.07, 6.45) is 14.0. The van der Waals surface area contributed by atoms with Crippen LogP contribution in [0.1, 0.15) is 21.5 Å². The second kappa shape index (κ2) is 10.7. The van der Waals surface area contributed by atoms with E-state index in [4.69, 9.17) is 0 Å². The van der Waals surface area contributed by atoms with Crippen molar-refractivity contribution in [1.82, 2.24) is 24.5 Å². The molecule has 0 unspecified atom stereocenters. The number of anilines is 1. The highest BCUT2D eigenvalue weighted by atomic mass is 16.2. The average Bonchev–Trinajstić information content (AvgIpc) is 3.65. The highest BCUT2D eigenvalue weighted by molar-refractivity contribution is 5.95. The van der Waals surface area contributed by atoms with Gasteiger partial charge in [0, 0.05) is 41.7 Å². The van der Waals surface area contributed by atoms with Crippen LogP contribution in [-0.4, -0.2) is 37.4 Å². The lowest BCUT2D eigenvalue weighted by atomic mass is 10.2. The summed E-state index contributed by atoms with van der Waals surface area (Å²) in [5.74, 6) is -0.316. The molecule has 0 atom stereocenters. The summed E-state index contributed by atoms with van der Waals surface area (Å²) in [4.78, 5) is 20.6. The van der Waals surface area contributed by atoms with Crippen LogP contribution in [0.3, 0.4) is 0 Å². The molecule has 0 aliphatic heterocycles. The Labute approximate surface area is 207 Å². The van der Waals surface area contributed by atoms with Crippen molar-refractivity contribution in [3.63, 3.8) is 0 Å². The molecule has 176 valence electrons. The van der Waals surface area contributed by atoms with E-state index in [1.807, 2.05) is 76.1 Å². The molecule has 0 saturated heterocycles. The zero-order chi connectivity index (χ0) is 24.6. The van der Waals surface area contributed by atoms with Gasteiger partial charge in [0.1, 0.15) is 0 Å². The average molecular weight is 475 g/mol. The first-order valence-electron chi connectivity index (χ1n) is 11.1. The molecule has 0 aliphatic rings. The van der Waals surface area contributed by atoms with E-state index in [9.17, 15) is 4.79 Å². The summed E-state index contributed by atoms with van der Waals surface area (Å²) >= 11 is 0. The van der Waals surface area contributed by atoms with Crippen LogP contribution in [-0.2, 0) is 0 Å². The summed E-state index contributed by atoms with van der Waals surface area (Å²) in [6, 6.07) is 22.7. The van der Waals surface area contributed by atoms with Crippen LogP contribution in [0, 0.1) is 0 Å². The molecule has 1 amide bonds. The normalized spacial score (nSPS) is 11.2. The van der Waals surface area contributed by atoms with Gasteiger partial charge < -0.3 is 9.13 Å². The first-order valence-corrected chi connectivity index (χ1v) is 11.1. The molecule has 5 rings (SSSR count). The van der Waals surface area contributed by atoms with Crippen LogP contribution in [0.4, 0.5) is 5.69 Å². The van der Waals surface area contributed by atoms with E-state index in [-0.39, 0.29) is 5.91 Å². The number of nitrogens with one attached hydrogen (secondary N) is 2. The molecule has 0 saturated carbocycles. The number of imidazole rings is 2. The molecule has 36 heavy (non-hydrogen) atoms. The quantitative estimate of drug-likeness (QED) is 0.259. The van der Waals surface area contributed by atoms with Crippen LogP contribution >= 0.6 is 0 Å². The van der Waals surface area contributed by atoms with E-state index >= 15 is 0 Å².